The fourth-order valence-electron chi connectivity index (χ4n) is 3.61. The Morgan fingerprint density at radius 3 is 2.88 bits per heavy atom. The summed E-state index contributed by atoms with van der Waals surface area (Å²) in [5.41, 5.74) is 3.26. The molecule has 0 radical (unpaired) electrons. The molecular formula is C18H21N5O2. The van der Waals surface area contributed by atoms with Crippen LogP contribution in [0.15, 0.2) is 36.7 Å². The minimum atomic E-state index is -0.166. The molecule has 0 saturated carbocycles. The van der Waals surface area contributed by atoms with Gasteiger partial charge in [-0.2, -0.15) is 5.10 Å². The second kappa shape index (κ2) is 6.23. The highest BCUT2D eigenvalue weighted by atomic mass is 16.2. The van der Waals surface area contributed by atoms with Gasteiger partial charge in [-0.3, -0.25) is 9.48 Å². The van der Waals surface area contributed by atoms with Crippen LogP contribution in [0.3, 0.4) is 0 Å². The summed E-state index contributed by atoms with van der Waals surface area (Å²) in [5.74, 6) is -0.0822. The van der Waals surface area contributed by atoms with E-state index < -0.39 is 0 Å². The molecule has 3 amide bonds. The Labute approximate surface area is 146 Å². The Balaban J connectivity index is 1.39. The number of nitrogens with one attached hydrogen (secondary N) is 1. The minimum Gasteiger partial charge on any atom is -0.331 e. The van der Waals surface area contributed by atoms with Crippen LogP contribution in [0.4, 0.5) is 10.5 Å². The molecule has 0 spiro atoms. The van der Waals surface area contributed by atoms with Crippen LogP contribution < -0.4 is 10.2 Å². The topological polar surface area (TPSA) is 70.5 Å². The van der Waals surface area contributed by atoms with Crippen LogP contribution in [-0.4, -0.2) is 46.3 Å². The van der Waals surface area contributed by atoms with Crippen molar-refractivity contribution in [1.29, 1.82) is 0 Å². The van der Waals surface area contributed by atoms with Crippen molar-refractivity contribution in [2.45, 2.75) is 18.9 Å². The maximum atomic E-state index is 12.6. The Hall–Kier alpha value is -2.83. The molecule has 7 heteroatoms. The van der Waals surface area contributed by atoms with Crippen molar-refractivity contribution in [3.63, 3.8) is 0 Å². The van der Waals surface area contributed by atoms with Crippen LogP contribution in [0.1, 0.15) is 23.6 Å². The molecule has 25 heavy (non-hydrogen) atoms. The van der Waals surface area contributed by atoms with Gasteiger partial charge in [0.2, 0.25) is 5.91 Å². The number of nitrogens with zero attached hydrogens (tertiary/aromatic N) is 4. The van der Waals surface area contributed by atoms with E-state index in [1.165, 1.54) is 11.1 Å². The Morgan fingerprint density at radius 2 is 2.12 bits per heavy atom. The number of carbonyl (C=O) groups excluding carboxylic acids is 2. The number of piperazine rings is 1. The summed E-state index contributed by atoms with van der Waals surface area (Å²) in [7, 11) is 1.82. The maximum absolute atomic E-state index is 12.6. The highest BCUT2D eigenvalue weighted by Crippen LogP contribution is 2.30. The number of amides is 3. The van der Waals surface area contributed by atoms with Crippen molar-refractivity contribution in [2.24, 2.45) is 7.05 Å². The standard InChI is InChI=1S/C18H21N5O2/c1-21-11-14(10-19-21)23-9-8-22(12-17(23)24)18(25)20-16-7-6-13-4-2-3-5-15(13)16/h2-5,10-11,16H,6-9,12H2,1H3,(H,20,25)/t16-/m1/s1. The highest BCUT2D eigenvalue weighted by molar-refractivity contribution is 5.97. The SMILES string of the molecule is Cn1cc(N2CCN(C(=O)N[C@@H]3CCc4ccccc43)CC2=O)cn1. The van der Waals surface area contributed by atoms with E-state index in [-0.39, 0.29) is 24.5 Å². The molecule has 1 aromatic carbocycles. The molecule has 2 aliphatic rings. The third kappa shape index (κ3) is 2.97. The number of hydrogen-bond donors (Lipinski definition) is 1. The van der Waals surface area contributed by atoms with E-state index in [9.17, 15) is 9.59 Å². The first-order valence-corrected chi connectivity index (χ1v) is 8.54. The molecule has 1 fully saturated rings. The van der Waals surface area contributed by atoms with Crippen LogP contribution >= 0.6 is 0 Å². The summed E-state index contributed by atoms with van der Waals surface area (Å²) in [5, 5.41) is 7.18. The normalized spacial score (nSPS) is 19.9. The van der Waals surface area contributed by atoms with Gasteiger partial charge in [-0.1, -0.05) is 24.3 Å². The molecule has 7 nitrogen and oxygen atoms in total. The molecule has 130 valence electrons. The van der Waals surface area contributed by atoms with Crippen LogP contribution in [0, 0.1) is 0 Å². The molecule has 1 aliphatic carbocycles. The monoisotopic (exact) mass is 339 g/mol. The first kappa shape index (κ1) is 15.7. The van der Waals surface area contributed by atoms with Crippen molar-refractivity contribution in [3.05, 3.63) is 47.8 Å². The van der Waals surface area contributed by atoms with E-state index >= 15 is 0 Å². The van der Waals surface area contributed by atoms with Gasteiger partial charge in [0.25, 0.3) is 0 Å². The van der Waals surface area contributed by atoms with Crippen LogP contribution in [0.25, 0.3) is 0 Å². The summed E-state index contributed by atoms with van der Waals surface area (Å²) in [6.07, 6.45) is 5.37. The lowest BCUT2D eigenvalue weighted by Crippen LogP contribution is -2.55. The fourth-order valence-corrected chi connectivity index (χ4v) is 3.61. The molecule has 2 heterocycles. The summed E-state index contributed by atoms with van der Waals surface area (Å²) >= 11 is 0. The second-order valence-corrected chi connectivity index (χ2v) is 6.58. The van der Waals surface area contributed by atoms with Gasteiger partial charge in [-0.25, -0.2) is 4.79 Å². The predicted octanol–water partition coefficient (Wildman–Crippen LogP) is 1.47. The smallest absolute Gasteiger partial charge is 0.318 e. The second-order valence-electron chi connectivity index (χ2n) is 6.58. The molecule has 4 rings (SSSR count). The van der Waals surface area contributed by atoms with Gasteiger partial charge in [0.15, 0.2) is 0 Å². The number of benzene rings is 1. The molecule has 2 aromatic rings. The number of aryl methyl sites for hydroxylation is 2. The van der Waals surface area contributed by atoms with E-state index in [2.05, 4.69) is 22.5 Å². The first-order valence-electron chi connectivity index (χ1n) is 8.54. The van der Waals surface area contributed by atoms with Crippen LogP contribution in [0.2, 0.25) is 0 Å². The molecular weight excluding hydrogens is 318 g/mol. The summed E-state index contributed by atoms with van der Waals surface area (Å²) in [6.45, 7) is 1.09. The van der Waals surface area contributed by atoms with Crippen molar-refractivity contribution in [3.8, 4) is 0 Å². The molecule has 0 bridgehead atoms. The van der Waals surface area contributed by atoms with E-state index in [1.807, 2.05) is 25.4 Å². The van der Waals surface area contributed by atoms with Crippen LogP contribution in [0.5, 0.6) is 0 Å². The zero-order valence-electron chi connectivity index (χ0n) is 14.2. The van der Waals surface area contributed by atoms with E-state index in [1.54, 1.807) is 20.7 Å². The minimum absolute atomic E-state index is 0.0372. The Morgan fingerprint density at radius 1 is 1.28 bits per heavy atom. The number of aromatic nitrogens is 2. The van der Waals surface area contributed by atoms with Gasteiger partial charge in [-0.05, 0) is 24.0 Å². The van der Waals surface area contributed by atoms with E-state index in [0.29, 0.717) is 13.1 Å². The lowest BCUT2D eigenvalue weighted by atomic mass is 10.1. The zero-order chi connectivity index (χ0) is 17.4. The van der Waals surface area contributed by atoms with Crippen molar-refractivity contribution in [2.75, 3.05) is 24.5 Å². The lowest BCUT2D eigenvalue weighted by Gasteiger charge is -2.34. The van der Waals surface area contributed by atoms with Crippen molar-refractivity contribution >= 4 is 17.6 Å². The molecule has 1 aliphatic heterocycles. The maximum Gasteiger partial charge on any atom is 0.318 e. The van der Waals surface area contributed by atoms with Gasteiger partial charge in [0.1, 0.15) is 6.54 Å². The van der Waals surface area contributed by atoms with Crippen molar-refractivity contribution < 1.29 is 9.59 Å². The average molecular weight is 339 g/mol. The van der Waals surface area contributed by atoms with Gasteiger partial charge >= 0.3 is 6.03 Å². The van der Waals surface area contributed by atoms with E-state index in [0.717, 1.165) is 18.5 Å². The molecule has 1 N–H and O–H groups in total. The number of hydrogen-bond acceptors (Lipinski definition) is 3. The number of rotatable bonds is 2. The number of urea groups is 1. The quantitative estimate of drug-likeness (QED) is 0.901. The zero-order valence-corrected chi connectivity index (χ0v) is 14.2. The Bertz CT molecular complexity index is 815. The molecule has 1 aromatic heterocycles. The summed E-state index contributed by atoms with van der Waals surface area (Å²) in [4.78, 5) is 28.3. The number of fused-ring (bicyclic) bond motifs is 1. The van der Waals surface area contributed by atoms with Crippen molar-refractivity contribution in [1.82, 2.24) is 20.0 Å². The van der Waals surface area contributed by atoms with E-state index in [4.69, 9.17) is 0 Å². The van der Waals surface area contributed by atoms with Gasteiger partial charge in [0, 0.05) is 26.3 Å². The first-order chi connectivity index (χ1) is 12.1. The van der Waals surface area contributed by atoms with Crippen LogP contribution in [-0.2, 0) is 18.3 Å². The van der Waals surface area contributed by atoms with Gasteiger partial charge in [-0.15, -0.1) is 0 Å². The third-order valence-corrected chi connectivity index (χ3v) is 4.94. The predicted molar refractivity (Wildman–Crippen MR) is 93.2 cm³/mol. The Kier molecular flexibility index (Phi) is 3.91. The fraction of sp³-hybridized carbons (Fsp3) is 0.389. The molecule has 0 unspecified atom stereocenters. The van der Waals surface area contributed by atoms with Gasteiger partial charge in [0.05, 0.1) is 17.9 Å². The van der Waals surface area contributed by atoms with Gasteiger partial charge < -0.3 is 15.1 Å². The molecule has 1 atom stereocenters. The average Bonchev–Trinajstić information content (AvgIpc) is 3.21. The molecule has 1 saturated heterocycles. The summed E-state index contributed by atoms with van der Waals surface area (Å²) in [6, 6.07) is 8.08. The third-order valence-electron chi connectivity index (χ3n) is 4.94. The lowest BCUT2D eigenvalue weighted by molar-refractivity contribution is -0.120. The largest absolute Gasteiger partial charge is 0.331 e. The number of anilines is 1. The number of carbonyl (C=O) groups is 2. The summed E-state index contributed by atoms with van der Waals surface area (Å²) < 4.78 is 1.67. The highest BCUT2D eigenvalue weighted by Gasteiger charge is 2.31.